The van der Waals surface area contributed by atoms with Crippen molar-refractivity contribution in [3.63, 3.8) is 0 Å². The molecule has 1 aliphatic rings. The molecule has 0 heterocycles. The molecular weight excluding hydrogens is 192 g/mol. The first kappa shape index (κ1) is 11.7. The van der Waals surface area contributed by atoms with Crippen LogP contribution in [0, 0.1) is 11.8 Å². The van der Waals surface area contributed by atoms with Gasteiger partial charge in [0.2, 0.25) is 0 Å². The SMILES string of the molecule is CCC(C)C1CC(C)C(C)c2ccccc21. The zero-order chi connectivity index (χ0) is 11.7. The first-order chi connectivity index (χ1) is 7.65. The minimum atomic E-state index is 0.733. The number of hydrogen-bond donors (Lipinski definition) is 0. The number of benzene rings is 1. The molecule has 0 amide bonds. The second kappa shape index (κ2) is 4.61. The van der Waals surface area contributed by atoms with Crippen LogP contribution in [0.2, 0.25) is 0 Å². The molecule has 0 N–H and O–H groups in total. The molecule has 1 aromatic carbocycles. The predicted octanol–water partition coefficient (Wildman–Crippen LogP) is 4.96. The van der Waals surface area contributed by atoms with Crippen LogP contribution in [-0.4, -0.2) is 0 Å². The van der Waals surface area contributed by atoms with E-state index in [-0.39, 0.29) is 0 Å². The lowest BCUT2D eigenvalue weighted by atomic mass is 9.67. The summed E-state index contributed by atoms with van der Waals surface area (Å²) in [5.41, 5.74) is 3.23. The number of rotatable bonds is 2. The summed E-state index contributed by atoms with van der Waals surface area (Å²) < 4.78 is 0. The normalized spacial score (nSPS) is 30.9. The summed E-state index contributed by atoms with van der Waals surface area (Å²) in [4.78, 5) is 0. The number of fused-ring (bicyclic) bond motifs is 1. The van der Waals surface area contributed by atoms with Crippen LogP contribution in [0.15, 0.2) is 24.3 Å². The van der Waals surface area contributed by atoms with Gasteiger partial charge in [0.05, 0.1) is 0 Å². The van der Waals surface area contributed by atoms with Crippen molar-refractivity contribution in [1.29, 1.82) is 0 Å². The van der Waals surface area contributed by atoms with E-state index in [9.17, 15) is 0 Å². The zero-order valence-corrected chi connectivity index (χ0v) is 11.0. The Labute approximate surface area is 100 Å². The molecule has 0 saturated carbocycles. The van der Waals surface area contributed by atoms with Gasteiger partial charge in [0.15, 0.2) is 0 Å². The molecule has 0 nitrogen and oxygen atoms in total. The Hall–Kier alpha value is -0.780. The fourth-order valence-electron chi connectivity index (χ4n) is 3.12. The molecule has 0 aromatic heterocycles. The summed E-state index contributed by atoms with van der Waals surface area (Å²) in [6.45, 7) is 9.52. The van der Waals surface area contributed by atoms with Gasteiger partial charge < -0.3 is 0 Å². The van der Waals surface area contributed by atoms with E-state index in [1.807, 2.05) is 0 Å². The van der Waals surface area contributed by atoms with Crippen molar-refractivity contribution in [3.05, 3.63) is 35.4 Å². The van der Waals surface area contributed by atoms with Crippen molar-refractivity contribution >= 4 is 0 Å². The maximum absolute atomic E-state index is 2.41. The van der Waals surface area contributed by atoms with Gasteiger partial charge in [0.1, 0.15) is 0 Å². The van der Waals surface area contributed by atoms with Crippen LogP contribution in [0.25, 0.3) is 0 Å². The summed E-state index contributed by atoms with van der Waals surface area (Å²) in [6, 6.07) is 9.09. The molecule has 0 radical (unpaired) electrons. The largest absolute Gasteiger partial charge is 0.0651 e. The van der Waals surface area contributed by atoms with E-state index < -0.39 is 0 Å². The van der Waals surface area contributed by atoms with Gasteiger partial charge in [-0.3, -0.25) is 0 Å². The molecule has 2 rings (SSSR count). The predicted molar refractivity (Wildman–Crippen MR) is 70.8 cm³/mol. The van der Waals surface area contributed by atoms with Crippen LogP contribution in [0.5, 0.6) is 0 Å². The summed E-state index contributed by atoms with van der Waals surface area (Å²) in [5.74, 6) is 3.16. The number of hydrogen-bond acceptors (Lipinski definition) is 0. The van der Waals surface area contributed by atoms with Gasteiger partial charge in [0, 0.05) is 0 Å². The fourth-order valence-corrected chi connectivity index (χ4v) is 3.12. The highest BCUT2D eigenvalue weighted by molar-refractivity contribution is 5.36. The van der Waals surface area contributed by atoms with Gasteiger partial charge in [-0.2, -0.15) is 0 Å². The first-order valence-electron chi connectivity index (χ1n) is 6.74. The Balaban J connectivity index is 2.40. The van der Waals surface area contributed by atoms with E-state index in [0.717, 1.165) is 23.7 Å². The van der Waals surface area contributed by atoms with Gasteiger partial charge in [-0.15, -0.1) is 0 Å². The summed E-state index contributed by atoms with van der Waals surface area (Å²) in [7, 11) is 0. The molecule has 0 aliphatic heterocycles. The average Bonchev–Trinajstić information content (AvgIpc) is 2.33. The second-order valence-corrected chi connectivity index (χ2v) is 5.62. The standard InChI is InChI=1S/C16H24/c1-5-11(2)16-10-12(3)13(4)14-8-6-7-9-15(14)16/h6-9,11-13,16H,5,10H2,1-4H3. The minimum absolute atomic E-state index is 0.733. The van der Waals surface area contributed by atoms with Crippen molar-refractivity contribution in [1.82, 2.24) is 0 Å². The molecular formula is C16H24. The summed E-state index contributed by atoms with van der Waals surface area (Å²) in [5, 5.41) is 0. The quantitative estimate of drug-likeness (QED) is 0.655. The molecule has 4 atom stereocenters. The van der Waals surface area contributed by atoms with Gasteiger partial charge in [-0.1, -0.05) is 58.4 Å². The van der Waals surface area contributed by atoms with Crippen molar-refractivity contribution in [2.24, 2.45) is 11.8 Å². The highest BCUT2D eigenvalue weighted by atomic mass is 14.4. The smallest absolute Gasteiger partial charge is 0.0131 e. The first-order valence-corrected chi connectivity index (χ1v) is 6.74. The Morgan fingerprint density at radius 2 is 1.81 bits per heavy atom. The van der Waals surface area contributed by atoms with E-state index >= 15 is 0 Å². The highest BCUT2D eigenvalue weighted by Gasteiger charge is 2.31. The zero-order valence-electron chi connectivity index (χ0n) is 11.0. The van der Waals surface area contributed by atoms with E-state index in [1.165, 1.54) is 12.8 Å². The molecule has 1 aliphatic carbocycles. The minimum Gasteiger partial charge on any atom is -0.0651 e. The Bertz CT molecular complexity index is 353. The van der Waals surface area contributed by atoms with Crippen molar-refractivity contribution in [2.45, 2.75) is 52.4 Å². The van der Waals surface area contributed by atoms with E-state index in [1.54, 1.807) is 11.1 Å². The molecule has 0 bridgehead atoms. The summed E-state index contributed by atoms with van der Waals surface area (Å²) in [6.07, 6.45) is 2.66. The van der Waals surface area contributed by atoms with Crippen LogP contribution >= 0.6 is 0 Å². The molecule has 88 valence electrons. The molecule has 4 unspecified atom stereocenters. The van der Waals surface area contributed by atoms with E-state index in [0.29, 0.717) is 0 Å². The van der Waals surface area contributed by atoms with Gasteiger partial charge in [0.25, 0.3) is 0 Å². The second-order valence-electron chi connectivity index (χ2n) is 5.62. The third-order valence-corrected chi connectivity index (χ3v) is 4.70. The third-order valence-electron chi connectivity index (χ3n) is 4.70. The highest BCUT2D eigenvalue weighted by Crippen LogP contribution is 2.45. The molecule has 16 heavy (non-hydrogen) atoms. The molecule has 0 spiro atoms. The Morgan fingerprint density at radius 3 is 2.44 bits per heavy atom. The van der Waals surface area contributed by atoms with Crippen LogP contribution in [0.3, 0.4) is 0 Å². The molecule has 0 fully saturated rings. The Morgan fingerprint density at radius 1 is 1.19 bits per heavy atom. The molecule has 0 saturated heterocycles. The lowest BCUT2D eigenvalue weighted by molar-refractivity contribution is 0.311. The fraction of sp³-hybridized carbons (Fsp3) is 0.625. The third kappa shape index (κ3) is 1.90. The maximum Gasteiger partial charge on any atom is -0.0131 e. The van der Waals surface area contributed by atoms with Crippen molar-refractivity contribution in [3.8, 4) is 0 Å². The lowest BCUT2D eigenvalue weighted by Crippen LogP contribution is -2.23. The van der Waals surface area contributed by atoms with Crippen molar-refractivity contribution in [2.75, 3.05) is 0 Å². The van der Waals surface area contributed by atoms with E-state index in [4.69, 9.17) is 0 Å². The monoisotopic (exact) mass is 216 g/mol. The molecule has 0 heteroatoms. The summed E-state index contributed by atoms with van der Waals surface area (Å²) >= 11 is 0. The molecule has 1 aromatic rings. The van der Waals surface area contributed by atoms with Gasteiger partial charge in [-0.25, -0.2) is 0 Å². The van der Waals surface area contributed by atoms with Gasteiger partial charge >= 0.3 is 0 Å². The van der Waals surface area contributed by atoms with Crippen LogP contribution < -0.4 is 0 Å². The Kier molecular flexibility index (Phi) is 3.37. The van der Waals surface area contributed by atoms with Crippen LogP contribution in [0.1, 0.15) is 63.5 Å². The average molecular weight is 216 g/mol. The van der Waals surface area contributed by atoms with Gasteiger partial charge in [-0.05, 0) is 41.2 Å². The van der Waals surface area contributed by atoms with Crippen molar-refractivity contribution < 1.29 is 0 Å². The van der Waals surface area contributed by atoms with E-state index in [2.05, 4.69) is 52.0 Å². The topological polar surface area (TPSA) is 0 Å². The maximum atomic E-state index is 2.41. The van der Waals surface area contributed by atoms with Crippen LogP contribution in [0.4, 0.5) is 0 Å². The lowest BCUT2D eigenvalue weighted by Gasteiger charge is -2.37. The van der Waals surface area contributed by atoms with Crippen LogP contribution in [-0.2, 0) is 0 Å².